The van der Waals surface area contributed by atoms with Gasteiger partial charge in [-0.25, -0.2) is 0 Å². The van der Waals surface area contributed by atoms with E-state index < -0.39 is 18.2 Å². The number of aliphatic hydroxyl groups excluding tert-OH is 2. The fourth-order valence-corrected chi connectivity index (χ4v) is 8.12. The zero-order valence-corrected chi connectivity index (χ0v) is 39.7. The minimum Gasteiger partial charge on any atom is -0.462 e. The fourth-order valence-electron chi connectivity index (χ4n) is 8.12. The molecule has 0 rings (SSSR count). The monoisotopic (exact) mass is 832 g/mol. The van der Waals surface area contributed by atoms with Crippen LogP contribution in [0.5, 0.6) is 0 Å². The molecular formula is C53H101NO5. The first-order valence-corrected chi connectivity index (χ1v) is 26.1. The molecule has 59 heavy (non-hydrogen) atoms. The highest BCUT2D eigenvalue weighted by Gasteiger charge is 2.24. The minimum absolute atomic E-state index is 0.0798. The Bertz CT molecular complexity index is 935. The lowest BCUT2D eigenvalue weighted by molar-refractivity contribution is -0.151. The summed E-state index contributed by atoms with van der Waals surface area (Å²) in [5, 5.41) is 23.7. The average molecular weight is 832 g/mol. The Kier molecular flexibility index (Phi) is 46.1. The summed E-state index contributed by atoms with van der Waals surface area (Å²) < 4.78 is 5.94. The summed E-state index contributed by atoms with van der Waals surface area (Å²) in [5.41, 5.74) is 0. The maximum absolute atomic E-state index is 13.2. The van der Waals surface area contributed by atoms with Crippen molar-refractivity contribution in [2.24, 2.45) is 0 Å². The lowest BCUT2D eigenvalue weighted by Gasteiger charge is -2.24. The van der Waals surface area contributed by atoms with Crippen LogP contribution in [0.2, 0.25) is 0 Å². The van der Waals surface area contributed by atoms with Crippen LogP contribution in [0.4, 0.5) is 0 Å². The van der Waals surface area contributed by atoms with Gasteiger partial charge in [-0.05, 0) is 51.4 Å². The Labute approximate surface area is 367 Å². The van der Waals surface area contributed by atoms with Crippen LogP contribution in [-0.4, -0.2) is 46.9 Å². The maximum atomic E-state index is 13.2. The molecule has 3 unspecified atom stereocenters. The number of ether oxygens (including phenoxy) is 1. The highest BCUT2D eigenvalue weighted by Crippen LogP contribution is 2.18. The molecule has 348 valence electrons. The SMILES string of the molecule is CC/C=C/C/C=C/CCCCCCCCCC(=O)OC(CCCCCCCCCCCCCCCCCCC)CC(=O)NC(CO)C(O)CCCCCCCCCCC. The standard InChI is InChI=1S/C53H101NO5/c1-4-7-10-13-16-19-21-23-25-26-27-28-30-33-35-38-41-44-49(59-53(58)46-43-40-37-34-31-29-24-22-20-17-14-11-8-5-2)47-52(57)54-50(48-55)51(56)45-42-39-36-32-18-15-12-9-6-3/h8,11,17,20,49-51,55-56H,4-7,9-10,12-16,18-19,21-48H2,1-3H3,(H,54,57)/b11-8+,20-17+. The molecule has 3 N–H and O–H groups in total. The van der Waals surface area contributed by atoms with Crippen molar-refractivity contribution < 1.29 is 24.5 Å². The van der Waals surface area contributed by atoms with Gasteiger partial charge in [-0.3, -0.25) is 9.59 Å². The van der Waals surface area contributed by atoms with Crippen molar-refractivity contribution in [1.29, 1.82) is 0 Å². The van der Waals surface area contributed by atoms with Crippen molar-refractivity contribution in [3.63, 3.8) is 0 Å². The number of nitrogens with one attached hydrogen (secondary N) is 1. The van der Waals surface area contributed by atoms with E-state index >= 15 is 0 Å². The van der Waals surface area contributed by atoms with Gasteiger partial charge in [0.1, 0.15) is 6.10 Å². The lowest BCUT2D eigenvalue weighted by Crippen LogP contribution is -2.46. The van der Waals surface area contributed by atoms with Crippen LogP contribution in [0.1, 0.15) is 278 Å². The predicted octanol–water partition coefficient (Wildman–Crippen LogP) is 15.5. The van der Waals surface area contributed by atoms with E-state index in [9.17, 15) is 19.8 Å². The molecule has 1 amide bonds. The third kappa shape index (κ3) is 42.8. The first kappa shape index (κ1) is 57.3. The molecule has 0 heterocycles. The maximum Gasteiger partial charge on any atom is 0.306 e. The van der Waals surface area contributed by atoms with Crippen LogP contribution >= 0.6 is 0 Å². The predicted molar refractivity (Wildman–Crippen MR) is 255 cm³/mol. The molecule has 0 aromatic rings. The van der Waals surface area contributed by atoms with E-state index in [0.29, 0.717) is 19.3 Å². The number of carbonyl (C=O) groups excluding carboxylic acids is 2. The van der Waals surface area contributed by atoms with Gasteiger partial charge in [-0.2, -0.15) is 0 Å². The number of unbranched alkanes of at least 4 members (excludes halogenated alkanes) is 31. The third-order valence-electron chi connectivity index (χ3n) is 12.0. The second-order valence-corrected chi connectivity index (χ2v) is 17.9. The second kappa shape index (κ2) is 47.4. The minimum atomic E-state index is -0.783. The molecule has 0 spiro atoms. The molecule has 0 aromatic carbocycles. The lowest BCUT2D eigenvalue weighted by atomic mass is 10.0. The molecule has 0 aromatic heterocycles. The van der Waals surface area contributed by atoms with Gasteiger partial charge < -0.3 is 20.3 Å². The van der Waals surface area contributed by atoms with E-state index in [4.69, 9.17) is 4.74 Å². The molecule has 6 nitrogen and oxygen atoms in total. The number of esters is 1. The number of hydrogen-bond donors (Lipinski definition) is 3. The summed E-state index contributed by atoms with van der Waals surface area (Å²) in [7, 11) is 0. The van der Waals surface area contributed by atoms with Crippen LogP contribution < -0.4 is 5.32 Å². The Hall–Kier alpha value is -1.66. The molecule has 0 saturated heterocycles. The highest BCUT2D eigenvalue weighted by molar-refractivity contribution is 5.77. The van der Waals surface area contributed by atoms with Gasteiger partial charge in [0.2, 0.25) is 5.91 Å². The topological polar surface area (TPSA) is 95.9 Å². The van der Waals surface area contributed by atoms with Gasteiger partial charge >= 0.3 is 5.97 Å². The van der Waals surface area contributed by atoms with Gasteiger partial charge in [0.15, 0.2) is 0 Å². The first-order chi connectivity index (χ1) is 29.0. The molecule has 0 aliphatic carbocycles. The van der Waals surface area contributed by atoms with Crippen LogP contribution in [0, 0.1) is 0 Å². The molecule has 0 saturated carbocycles. The highest BCUT2D eigenvalue weighted by atomic mass is 16.5. The number of allylic oxidation sites excluding steroid dienone is 4. The average Bonchev–Trinajstić information content (AvgIpc) is 3.23. The zero-order chi connectivity index (χ0) is 43.1. The molecule has 6 heteroatoms. The van der Waals surface area contributed by atoms with E-state index in [1.54, 1.807) is 0 Å². The summed E-state index contributed by atoms with van der Waals surface area (Å²) in [5.74, 6) is -0.469. The zero-order valence-electron chi connectivity index (χ0n) is 39.7. The first-order valence-electron chi connectivity index (χ1n) is 26.1. The van der Waals surface area contributed by atoms with E-state index in [1.165, 1.54) is 161 Å². The molecule has 0 bridgehead atoms. The van der Waals surface area contributed by atoms with Crippen molar-refractivity contribution in [2.45, 2.75) is 296 Å². The summed E-state index contributed by atoms with van der Waals surface area (Å²) in [6.07, 6.45) is 53.9. The van der Waals surface area contributed by atoms with E-state index in [1.807, 2.05) is 0 Å². The number of carbonyl (C=O) groups is 2. The summed E-state index contributed by atoms with van der Waals surface area (Å²) in [6.45, 7) is 6.38. The van der Waals surface area contributed by atoms with Gasteiger partial charge in [0.05, 0.1) is 25.2 Å². The third-order valence-corrected chi connectivity index (χ3v) is 12.0. The largest absolute Gasteiger partial charge is 0.462 e. The number of aliphatic hydroxyl groups is 2. The Balaban J connectivity index is 4.53. The number of hydrogen-bond acceptors (Lipinski definition) is 5. The van der Waals surface area contributed by atoms with Gasteiger partial charge in [0.25, 0.3) is 0 Å². The smallest absolute Gasteiger partial charge is 0.306 e. The number of amides is 1. The van der Waals surface area contributed by atoms with Crippen molar-refractivity contribution in [3.05, 3.63) is 24.3 Å². The molecule has 0 fully saturated rings. The normalized spacial score (nSPS) is 13.4. The number of rotatable bonds is 47. The van der Waals surface area contributed by atoms with E-state index in [-0.39, 0.29) is 24.9 Å². The van der Waals surface area contributed by atoms with Crippen molar-refractivity contribution >= 4 is 11.9 Å². The summed E-state index contributed by atoms with van der Waals surface area (Å²) in [4.78, 5) is 26.1. The Morgan fingerprint density at radius 2 is 0.915 bits per heavy atom. The molecule has 0 aliphatic heterocycles. The summed E-state index contributed by atoms with van der Waals surface area (Å²) >= 11 is 0. The van der Waals surface area contributed by atoms with Crippen molar-refractivity contribution in [1.82, 2.24) is 5.32 Å². The fraction of sp³-hybridized carbons (Fsp3) is 0.887. The molecular weight excluding hydrogens is 731 g/mol. The van der Waals surface area contributed by atoms with E-state index in [2.05, 4.69) is 50.4 Å². The summed E-state index contributed by atoms with van der Waals surface area (Å²) in [6, 6.07) is -0.697. The van der Waals surface area contributed by atoms with Crippen molar-refractivity contribution in [2.75, 3.05) is 6.61 Å². The van der Waals surface area contributed by atoms with Gasteiger partial charge in [0, 0.05) is 6.42 Å². The second-order valence-electron chi connectivity index (χ2n) is 17.9. The molecule has 0 radical (unpaired) electrons. The van der Waals surface area contributed by atoms with Crippen molar-refractivity contribution in [3.8, 4) is 0 Å². The molecule has 0 aliphatic rings. The van der Waals surface area contributed by atoms with Crippen LogP contribution in [0.3, 0.4) is 0 Å². The van der Waals surface area contributed by atoms with Crippen LogP contribution in [0.25, 0.3) is 0 Å². The Morgan fingerprint density at radius 1 is 0.508 bits per heavy atom. The van der Waals surface area contributed by atoms with Gasteiger partial charge in [-0.15, -0.1) is 0 Å². The van der Waals surface area contributed by atoms with Crippen LogP contribution in [0.15, 0.2) is 24.3 Å². The Morgan fingerprint density at radius 3 is 1.37 bits per heavy atom. The van der Waals surface area contributed by atoms with Crippen LogP contribution in [-0.2, 0) is 14.3 Å². The molecule has 3 atom stereocenters. The van der Waals surface area contributed by atoms with Gasteiger partial charge in [-0.1, -0.05) is 238 Å². The van der Waals surface area contributed by atoms with E-state index in [0.717, 1.165) is 70.6 Å². The quantitative estimate of drug-likeness (QED) is 0.0322.